The Labute approximate surface area is 89.2 Å². The Kier molecular flexibility index (Phi) is 2.81. The number of hydrazone groups is 1. The fourth-order valence-electron chi connectivity index (χ4n) is 1.36. The van der Waals surface area contributed by atoms with Crippen LogP contribution in [-0.4, -0.2) is 12.1 Å². The number of carbonyl (C=O) groups excluding carboxylic acids is 1. The molecule has 0 unspecified atom stereocenters. The predicted molar refractivity (Wildman–Crippen MR) is 59.6 cm³/mol. The van der Waals surface area contributed by atoms with Crippen LogP contribution in [0.3, 0.4) is 0 Å². The average molecular weight is 202 g/mol. The summed E-state index contributed by atoms with van der Waals surface area (Å²) in [6, 6.07) is 7.98. The van der Waals surface area contributed by atoms with Crippen LogP contribution < -0.4 is 5.43 Å². The van der Waals surface area contributed by atoms with E-state index in [0.29, 0.717) is 0 Å². The Hall–Kier alpha value is -1.64. The molecular weight excluding hydrogens is 188 g/mol. The number of nitrogens with zero attached hydrogens (tertiary/aromatic N) is 1. The largest absolute Gasteiger partial charge is 0.273 e. The van der Waals surface area contributed by atoms with Gasteiger partial charge in [-0.3, -0.25) is 4.79 Å². The standard InChI is InChI=1S/C12H14N2O/c1-9-3-2-4-10(7-9)8-13-14-12(15)11-5-6-11/h2-4,7-8,11H,5-6H2,1H3,(H,14,15)/b13-8-. The number of benzene rings is 1. The molecule has 3 heteroatoms. The van der Waals surface area contributed by atoms with Crippen LogP contribution >= 0.6 is 0 Å². The van der Waals surface area contributed by atoms with Gasteiger partial charge in [0.15, 0.2) is 0 Å². The number of rotatable bonds is 3. The lowest BCUT2D eigenvalue weighted by Gasteiger charge is -1.97. The van der Waals surface area contributed by atoms with E-state index in [-0.39, 0.29) is 11.8 Å². The van der Waals surface area contributed by atoms with Gasteiger partial charge in [0.25, 0.3) is 0 Å². The number of hydrogen-bond acceptors (Lipinski definition) is 2. The van der Waals surface area contributed by atoms with Crippen LogP contribution in [-0.2, 0) is 4.79 Å². The molecule has 0 atom stereocenters. The number of amides is 1. The Morgan fingerprint density at radius 2 is 2.33 bits per heavy atom. The van der Waals surface area contributed by atoms with Gasteiger partial charge in [0.2, 0.25) is 5.91 Å². The van der Waals surface area contributed by atoms with E-state index in [0.717, 1.165) is 18.4 Å². The van der Waals surface area contributed by atoms with Gasteiger partial charge in [0.05, 0.1) is 6.21 Å². The Bertz CT molecular complexity index is 394. The first-order chi connectivity index (χ1) is 7.25. The average Bonchev–Trinajstić information content (AvgIpc) is 3.00. The summed E-state index contributed by atoms with van der Waals surface area (Å²) in [6.07, 6.45) is 3.69. The third-order valence-corrected chi connectivity index (χ3v) is 2.38. The zero-order valence-electron chi connectivity index (χ0n) is 8.73. The lowest BCUT2D eigenvalue weighted by molar-refractivity contribution is -0.122. The molecule has 2 rings (SSSR count). The molecular formula is C12H14N2O. The van der Waals surface area contributed by atoms with Crippen molar-refractivity contribution in [3.8, 4) is 0 Å². The van der Waals surface area contributed by atoms with E-state index in [9.17, 15) is 4.79 Å². The van der Waals surface area contributed by atoms with Crippen molar-refractivity contribution < 1.29 is 4.79 Å². The molecule has 0 aliphatic heterocycles. The normalized spacial score (nSPS) is 15.5. The van der Waals surface area contributed by atoms with Crippen LogP contribution in [0.5, 0.6) is 0 Å². The summed E-state index contributed by atoms with van der Waals surface area (Å²) >= 11 is 0. The van der Waals surface area contributed by atoms with Crippen LogP contribution in [0.4, 0.5) is 0 Å². The molecule has 1 aliphatic carbocycles. The molecule has 0 bridgehead atoms. The van der Waals surface area contributed by atoms with Crippen molar-refractivity contribution in [1.82, 2.24) is 5.43 Å². The quantitative estimate of drug-likeness (QED) is 0.590. The molecule has 1 aromatic carbocycles. The minimum Gasteiger partial charge on any atom is -0.273 e. The van der Waals surface area contributed by atoms with Crippen LogP contribution in [0, 0.1) is 12.8 Å². The molecule has 78 valence electrons. The minimum absolute atomic E-state index is 0.0407. The summed E-state index contributed by atoms with van der Waals surface area (Å²) in [5.74, 6) is 0.249. The minimum atomic E-state index is 0.0407. The molecule has 0 radical (unpaired) electrons. The maximum atomic E-state index is 11.2. The highest BCUT2D eigenvalue weighted by Crippen LogP contribution is 2.28. The molecule has 1 amide bonds. The second kappa shape index (κ2) is 4.26. The Morgan fingerprint density at radius 1 is 1.53 bits per heavy atom. The maximum absolute atomic E-state index is 11.2. The number of hydrogen-bond donors (Lipinski definition) is 1. The summed E-state index contributed by atoms with van der Waals surface area (Å²) in [5.41, 5.74) is 4.74. The third kappa shape index (κ3) is 2.91. The Balaban J connectivity index is 1.90. The van der Waals surface area contributed by atoms with E-state index in [1.807, 2.05) is 31.2 Å². The van der Waals surface area contributed by atoms with Crippen molar-refractivity contribution >= 4 is 12.1 Å². The van der Waals surface area contributed by atoms with Gasteiger partial charge in [-0.05, 0) is 25.3 Å². The number of carbonyl (C=O) groups is 1. The smallest absolute Gasteiger partial charge is 0.243 e. The van der Waals surface area contributed by atoms with Crippen molar-refractivity contribution in [2.75, 3.05) is 0 Å². The zero-order chi connectivity index (χ0) is 10.7. The van der Waals surface area contributed by atoms with E-state index in [4.69, 9.17) is 0 Å². The van der Waals surface area contributed by atoms with Crippen molar-refractivity contribution in [3.05, 3.63) is 35.4 Å². The number of aryl methyl sites for hydroxylation is 1. The fourth-order valence-corrected chi connectivity index (χ4v) is 1.36. The van der Waals surface area contributed by atoms with E-state index >= 15 is 0 Å². The lowest BCUT2D eigenvalue weighted by Crippen LogP contribution is -2.18. The highest BCUT2D eigenvalue weighted by Gasteiger charge is 2.29. The Morgan fingerprint density at radius 3 is 3.00 bits per heavy atom. The summed E-state index contributed by atoms with van der Waals surface area (Å²) in [6.45, 7) is 2.03. The van der Waals surface area contributed by atoms with Crippen molar-refractivity contribution in [2.24, 2.45) is 11.0 Å². The fraction of sp³-hybridized carbons (Fsp3) is 0.333. The van der Waals surface area contributed by atoms with E-state index < -0.39 is 0 Å². The zero-order valence-corrected chi connectivity index (χ0v) is 8.73. The molecule has 1 N–H and O–H groups in total. The number of nitrogens with one attached hydrogen (secondary N) is 1. The van der Waals surface area contributed by atoms with Gasteiger partial charge in [0.1, 0.15) is 0 Å². The highest BCUT2D eigenvalue weighted by atomic mass is 16.2. The van der Waals surface area contributed by atoms with Crippen LogP contribution in [0.2, 0.25) is 0 Å². The van der Waals surface area contributed by atoms with E-state index in [1.165, 1.54) is 5.56 Å². The first-order valence-electron chi connectivity index (χ1n) is 5.15. The molecule has 1 saturated carbocycles. The summed E-state index contributed by atoms with van der Waals surface area (Å²) in [4.78, 5) is 11.2. The maximum Gasteiger partial charge on any atom is 0.243 e. The molecule has 3 nitrogen and oxygen atoms in total. The van der Waals surface area contributed by atoms with Crippen molar-refractivity contribution in [3.63, 3.8) is 0 Å². The summed E-state index contributed by atoms with van der Waals surface area (Å²) in [7, 11) is 0. The molecule has 15 heavy (non-hydrogen) atoms. The SMILES string of the molecule is Cc1cccc(/C=N\NC(=O)C2CC2)c1. The molecule has 1 fully saturated rings. The first-order valence-corrected chi connectivity index (χ1v) is 5.15. The molecule has 1 aromatic rings. The monoisotopic (exact) mass is 202 g/mol. The topological polar surface area (TPSA) is 41.5 Å². The molecule has 0 saturated heterocycles. The molecule has 0 spiro atoms. The second-order valence-electron chi connectivity index (χ2n) is 3.92. The highest BCUT2D eigenvalue weighted by molar-refractivity contribution is 5.84. The van der Waals surface area contributed by atoms with Gasteiger partial charge >= 0.3 is 0 Å². The third-order valence-electron chi connectivity index (χ3n) is 2.38. The van der Waals surface area contributed by atoms with Gasteiger partial charge < -0.3 is 0 Å². The molecule has 1 aliphatic rings. The lowest BCUT2D eigenvalue weighted by atomic mass is 10.2. The van der Waals surface area contributed by atoms with E-state index in [2.05, 4.69) is 10.5 Å². The van der Waals surface area contributed by atoms with Gasteiger partial charge in [0, 0.05) is 5.92 Å². The summed E-state index contributed by atoms with van der Waals surface area (Å²) in [5, 5.41) is 3.92. The van der Waals surface area contributed by atoms with Gasteiger partial charge in [-0.25, -0.2) is 5.43 Å². The second-order valence-corrected chi connectivity index (χ2v) is 3.92. The predicted octanol–water partition coefficient (Wildman–Crippen LogP) is 1.86. The van der Waals surface area contributed by atoms with Gasteiger partial charge in [-0.1, -0.05) is 29.8 Å². The first kappa shape index (κ1) is 9.90. The molecule has 0 heterocycles. The molecule has 0 aromatic heterocycles. The van der Waals surface area contributed by atoms with Crippen LogP contribution in [0.1, 0.15) is 24.0 Å². The summed E-state index contributed by atoms with van der Waals surface area (Å²) < 4.78 is 0. The van der Waals surface area contributed by atoms with Crippen molar-refractivity contribution in [2.45, 2.75) is 19.8 Å². The van der Waals surface area contributed by atoms with Gasteiger partial charge in [-0.2, -0.15) is 5.10 Å². The van der Waals surface area contributed by atoms with E-state index in [1.54, 1.807) is 6.21 Å². The van der Waals surface area contributed by atoms with Gasteiger partial charge in [-0.15, -0.1) is 0 Å². The van der Waals surface area contributed by atoms with Crippen LogP contribution in [0.15, 0.2) is 29.4 Å². The van der Waals surface area contributed by atoms with Crippen molar-refractivity contribution in [1.29, 1.82) is 0 Å². The van der Waals surface area contributed by atoms with Crippen LogP contribution in [0.25, 0.3) is 0 Å².